The SMILES string of the molecule is COc1cc(C(=O)NNC(=O)C2=NCC(=O)N(c3ccc(C)cc3)N2)ccc1OCCC(C)C. The van der Waals surface area contributed by atoms with Crippen LogP contribution in [0.3, 0.4) is 0 Å². The number of amides is 3. The van der Waals surface area contributed by atoms with Crippen LogP contribution in [0, 0.1) is 12.8 Å². The fourth-order valence-electron chi connectivity index (χ4n) is 3.02. The summed E-state index contributed by atoms with van der Waals surface area (Å²) in [6.45, 7) is 6.48. The number of hydrogen-bond acceptors (Lipinski definition) is 7. The van der Waals surface area contributed by atoms with Crippen LogP contribution in [0.4, 0.5) is 5.69 Å². The fraction of sp³-hybridized carbons (Fsp3) is 0.333. The van der Waals surface area contributed by atoms with Crippen LogP contribution in [0.15, 0.2) is 47.5 Å². The minimum atomic E-state index is -0.696. The molecule has 0 saturated heterocycles. The molecule has 2 aromatic rings. The third kappa shape index (κ3) is 6.25. The molecule has 0 spiro atoms. The number of nitrogens with zero attached hydrogens (tertiary/aromatic N) is 2. The molecule has 0 aliphatic carbocycles. The van der Waals surface area contributed by atoms with Crippen molar-refractivity contribution >= 4 is 29.2 Å². The smallest absolute Gasteiger partial charge is 0.306 e. The first-order valence-corrected chi connectivity index (χ1v) is 10.9. The standard InChI is InChI=1S/C24H29N5O5/c1-15(2)11-12-34-19-10-7-17(13-20(19)33-4)23(31)26-27-24(32)22-25-14-21(30)29(28-22)18-8-5-16(3)6-9-18/h5-10,13,15H,11-12,14H2,1-4H3,(H,25,28)(H,26,31)(H,27,32). The number of nitrogens with one attached hydrogen (secondary N) is 3. The predicted octanol–water partition coefficient (Wildman–Crippen LogP) is 2.14. The van der Waals surface area contributed by atoms with Gasteiger partial charge in [0, 0.05) is 5.56 Å². The molecule has 3 amide bonds. The van der Waals surface area contributed by atoms with Crippen molar-refractivity contribution in [3.8, 4) is 11.5 Å². The highest BCUT2D eigenvalue weighted by molar-refractivity contribution is 6.39. The maximum absolute atomic E-state index is 12.5. The first-order valence-electron chi connectivity index (χ1n) is 10.9. The minimum Gasteiger partial charge on any atom is -0.493 e. The molecule has 1 aliphatic rings. The summed E-state index contributed by atoms with van der Waals surface area (Å²) in [5.41, 5.74) is 9.21. The van der Waals surface area contributed by atoms with Gasteiger partial charge in [-0.1, -0.05) is 31.5 Å². The van der Waals surface area contributed by atoms with Gasteiger partial charge in [0.25, 0.3) is 11.8 Å². The number of hydrogen-bond donors (Lipinski definition) is 3. The van der Waals surface area contributed by atoms with Crippen molar-refractivity contribution in [3.05, 3.63) is 53.6 Å². The number of aryl methyl sites for hydroxylation is 1. The lowest BCUT2D eigenvalue weighted by atomic mass is 10.1. The number of anilines is 1. The van der Waals surface area contributed by atoms with Gasteiger partial charge in [0.1, 0.15) is 6.54 Å². The van der Waals surface area contributed by atoms with Gasteiger partial charge >= 0.3 is 5.91 Å². The third-order valence-corrected chi connectivity index (χ3v) is 5.01. The van der Waals surface area contributed by atoms with E-state index in [1.165, 1.54) is 18.2 Å². The Morgan fingerprint density at radius 3 is 2.47 bits per heavy atom. The second kappa shape index (κ2) is 11.2. The van der Waals surface area contributed by atoms with Crippen LogP contribution in [0.25, 0.3) is 0 Å². The first-order chi connectivity index (χ1) is 16.3. The molecule has 0 saturated carbocycles. The van der Waals surface area contributed by atoms with Crippen molar-refractivity contribution in [2.24, 2.45) is 10.9 Å². The van der Waals surface area contributed by atoms with E-state index in [0.717, 1.165) is 12.0 Å². The minimum absolute atomic E-state index is 0.105. The summed E-state index contributed by atoms with van der Waals surface area (Å²) in [5.74, 6) is -0.218. The van der Waals surface area contributed by atoms with E-state index in [2.05, 4.69) is 35.1 Å². The molecule has 0 radical (unpaired) electrons. The second-order valence-electron chi connectivity index (χ2n) is 8.15. The molecule has 34 heavy (non-hydrogen) atoms. The van der Waals surface area contributed by atoms with E-state index < -0.39 is 11.8 Å². The highest BCUT2D eigenvalue weighted by atomic mass is 16.5. The van der Waals surface area contributed by atoms with E-state index >= 15 is 0 Å². The van der Waals surface area contributed by atoms with Crippen molar-refractivity contribution in [2.45, 2.75) is 27.2 Å². The number of ether oxygens (including phenoxy) is 2. The molecule has 10 heteroatoms. The Kier molecular flexibility index (Phi) is 8.07. The van der Waals surface area contributed by atoms with Gasteiger partial charge < -0.3 is 9.47 Å². The zero-order valence-electron chi connectivity index (χ0n) is 19.7. The topological polar surface area (TPSA) is 121 Å². The van der Waals surface area contributed by atoms with Crippen molar-refractivity contribution in [3.63, 3.8) is 0 Å². The number of benzene rings is 2. The summed E-state index contributed by atoms with van der Waals surface area (Å²) in [7, 11) is 1.49. The van der Waals surface area contributed by atoms with Crippen LogP contribution in [0.1, 0.15) is 36.2 Å². The number of hydrazine groups is 2. The van der Waals surface area contributed by atoms with Crippen molar-refractivity contribution < 1.29 is 23.9 Å². The van der Waals surface area contributed by atoms with Gasteiger partial charge in [-0.05, 0) is 49.6 Å². The molecule has 1 heterocycles. The van der Waals surface area contributed by atoms with Crippen molar-refractivity contribution in [2.75, 3.05) is 25.3 Å². The molecule has 0 bridgehead atoms. The van der Waals surface area contributed by atoms with Gasteiger partial charge in [0.05, 0.1) is 19.4 Å². The maximum atomic E-state index is 12.5. The molecule has 0 unspecified atom stereocenters. The Labute approximate surface area is 198 Å². The lowest BCUT2D eigenvalue weighted by molar-refractivity contribution is -0.118. The Hall–Kier alpha value is -4.08. The largest absolute Gasteiger partial charge is 0.493 e. The van der Waals surface area contributed by atoms with E-state index in [1.807, 2.05) is 19.1 Å². The van der Waals surface area contributed by atoms with E-state index in [-0.39, 0.29) is 23.9 Å². The molecule has 1 aliphatic heterocycles. The normalized spacial score (nSPS) is 13.1. The molecular weight excluding hydrogens is 438 g/mol. The van der Waals surface area contributed by atoms with Crippen LogP contribution in [0.5, 0.6) is 11.5 Å². The van der Waals surface area contributed by atoms with E-state index in [1.54, 1.807) is 24.3 Å². The van der Waals surface area contributed by atoms with Gasteiger partial charge in [0.15, 0.2) is 11.5 Å². The van der Waals surface area contributed by atoms with Crippen molar-refractivity contribution in [1.82, 2.24) is 16.3 Å². The third-order valence-electron chi connectivity index (χ3n) is 5.01. The van der Waals surface area contributed by atoms with E-state index in [9.17, 15) is 14.4 Å². The lowest BCUT2D eigenvalue weighted by Crippen LogP contribution is -2.57. The number of amidine groups is 1. The molecule has 10 nitrogen and oxygen atoms in total. The van der Waals surface area contributed by atoms with Crippen LogP contribution in [-0.2, 0) is 9.59 Å². The molecule has 3 N–H and O–H groups in total. The molecule has 3 rings (SSSR count). The zero-order valence-corrected chi connectivity index (χ0v) is 19.7. The predicted molar refractivity (Wildman–Crippen MR) is 128 cm³/mol. The molecule has 180 valence electrons. The van der Waals surface area contributed by atoms with Gasteiger partial charge in [-0.2, -0.15) is 0 Å². The summed E-state index contributed by atoms with van der Waals surface area (Å²) in [6, 6.07) is 12.0. The summed E-state index contributed by atoms with van der Waals surface area (Å²) in [5, 5.41) is 1.24. The van der Waals surface area contributed by atoms with Gasteiger partial charge in [-0.25, -0.2) is 5.01 Å². The van der Waals surface area contributed by atoms with Crippen molar-refractivity contribution in [1.29, 1.82) is 0 Å². The number of rotatable bonds is 8. The van der Waals surface area contributed by atoms with E-state index in [4.69, 9.17) is 9.47 Å². The highest BCUT2D eigenvalue weighted by Crippen LogP contribution is 2.28. The Morgan fingerprint density at radius 1 is 1.09 bits per heavy atom. The quantitative estimate of drug-likeness (QED) is 0.512. The number of methoxy groups -OCH3 is 1. The zero-order chi connectivity index (χ0) is 24.7. The average molecular weight is 468 g/mol. The summed E-state index contributed by atoms with van der Waals surface area (Å²) in [4.78, 5) is 41.2. The number of carbonyl (C=O) groups excluding carboxylic acids is 3. The Morgan fingerprint density at radius 2 is 1.79 bits per heavy atom. The molecule has 0 fully saturated rings. The number of aliphatic imine (C=N–C) groups is 1. The monoisotopic (exact) mass is 467 g/mol. The lowest BCUT2D eigenvalue weighted by Gasteiger charge is -2.27. The Bertz CT molecular complexity index is 1080. The summed E-state index contributed by atoms with van der Waals surface area (Å²) in [6.07, 6.45) is 0.891. The first kappa shape index (κ1) is 24.6. The highest BCUT2D eigenvalue weighted by Gasteiger charge is 2.26. The van der Waals surface area contributed by atoms with Crippen LogP contribution in [-0.4, -0.2) is 43.8 Å². The molecule has 2 aromatic carbocycles. The van der Waals surface area contributed by atoms with E-state index in [0.29, 0.717) is 29.7 Å². The van der Waals surface area contributed by atoms with Crippen LogP contribution < -0.4 is 30.8 Å². The molecule has 0 atom stereocenters. The number of carbonyl (C=O) groups is 3. The molecular formula is C24H29N5O5. The average Bonchev–Trinajstić information content (AvgIpc) is 2.83. The molecule has 0 aromatic heterocycles. The van der Waals surface area contributed by atoms with Crippen LogP contribution in [0.2, 0.25) is 0 Å². The van der Waals surface area contributed by atoms with Gasteiger partial charge in [0.2, 0.25) is 5.84 Å². The maximum Gasteiger partial charge on any atom is 0.306 e. The Balaban J connectivity index is 1.59. The van der Waals surface area contributed by atoms with Gasteiger partial charge in [-0.3, -0.25) is 35.7 Å². The van der Waals surface area contributed by atoms with Crippen LogP contribution >= 0.6 is 0 Å². The second-order valence-corrected chi connectivity index (χ2v) is 8.15. The fourth-order valence-corrected chi connectivity index (χ4v) is 3.02. The summed E-state index contributed by atoms with van der Waals surface area (Å²) >= 11 is 0. The van der Waals surface area contributed by atoms with Gasteiger partial charge in [-0.15, -0.1) is 0 Å². The summed E-state index contributed by atoms with van der Waals surface area (Å²) < 4.78 is 11.1.